The molecule has 0 aliphatic heterocycles. The van der Waals surface area contributed by atoms with Crippen molar-refractivity contribution < 1.29 is 23.4 Å². The topological polar surface area (TPSA) is 72.3 Å². The number of carboxylic acids is 1. The Morgan fingerprint density at radius 1 is 1.07 bits per heavy atom. The molecular formula is C23H18F2N2O3. The Hall–Kier alpha value is -3.61. The molecule has 1 aliphatic rings. The van der Waals surface area contributed by atoms with E-state index in [1.165, 1.54) is 36.7 Å². The molecule has 1 aliphatic carbocycles. The molecule has 0 spiro atoms. The van der Waals surface area contributed by atoms with E-state index in [0.717, 1.165) is 17.6 Å². The highest BCUT2D eigenvalue weighted by atomic mass is 19.1. The first-order valence-electron chi connectivity index (χ1n) is 9.47. The second kappa shape index (κ2) is 8.41. The molecule has 0 unspecified atom stereocenters. The number of carboxylic acid groups (broad SMARTS) is 1. The molecule has 5 nitrogen and oxygen atoms in total. The van der Waals surface area contributed by atoms with Crippen molar-refractivity contribution in [2.24, 2.45) is 0 Å². The van der Waals surface area contributed by atoms with Gasteiger partial charge in [0.25, 0.3) is 0 Å². The van der Waals surface area contributed by atoms with E-state index in [-0.39, 0.29) is 18.1 Å². The second-order valence-electron chi connectivity index (χ2n) is 6.93. The van der Waals surface area contributed by atoms with E-state index < -0.39 is 11.8 Å². The van der Waals surface area contributed by atoms with E-state index in [4.69, 9.17) is 4.74 Å². The molecule has 0 saturated carbocycles. The minimum Gasteiger partial charge on any atom is -0.488 e. The van der Waals surface area contributed by atoms with Crippen LogP contribution in [0, 0.1) is 11.6 Å². The van der Waals surface area contributed by atoms with Crippen LogP contribution in [0.2, 0.25) is 0 Å². The zero-order chi connectivity index (χ0) is 21.1. The molecule has 0 bridgehead atoms. The summed E-state index contributed by atoms with van der Waals surface area (Å²) in [7, 11) is 0. The number of aromatic carboxylic acids is 1. The number of halogens is 2. The lowest BCUT2D eigenvalue weighted by molar-refractivity contribution is 0.0690. The van der Waals surface area contributed by atoms with E-state index >= 15 is 0 Å². The van der Waals surface area contributed by atoms with Gasteiger partial charge in [0, 0.05) is 11.1 Å². The summed E-state index contributed by atoms with van der Waals surface area (Å²) in [5, 5.41) is 9.20. The van der Waals surface area contributed by atoms with Gasteiger partial charge in [-0.25, -0.2) is 18.6 Å². The number of hydrogen-bond donors (Lipinski definition) is 1. The van der Waals surface area contributed by atoms with Crippen LogP contribution in [-0.2, 0) is 6.61 Å². The first-order valence-corrected chi connectivity index (χ1v) is 9.47. The van der Waals surface area contributed by atoms with E-state index in [2.05, 4.69) is 9.97 Å². The van der Waals surface area contributed by atoms with Crippen LogP contribution in [-0.4, -0.2) is 21.0 Å². The van der Waals surface area contributed by atoms with E-state index in [0.29, 0.717) is 35.4 Å². The number of hydrogen-bond acceptors (Lipinski definition) is 4. The molecule has 7 heteroatoms. The fraction of sp³-hybridized carbons (Fsp3) is 0.174. The van der Waals surface area contributed by atoms with Crippen molar-refractivity contribution in [3.63, 3.8) is 0 Å². The lowest BCUT2D eigenvalue weighted by Gasteiger charge is -2.15. The van der Waals surface area contributed by atoms with Crippen LogP contribution >= 0.6 is 0 Å². The average molecular weight is 408 g/mol. The standard InChI is InChI=1S/C23H18F2N2O3/c24-15-8-9-22(30-13-14-4-1-2-7-19(14)25)18(10-15)16-5-3-6-17(16)20-11-26-12-21(27-20)23(28)29/h1-2,4,7-12H,3,5-6,13H2,(H,28,29). The normalized spacial score (nSPS) is 13.5. The van der Waals surface area contributed by atoms with Gasteiger partial charge in [0.15, 0.2) is 5.69 Å². The lowest BCUT2D eigenvalue weighted by atomic mass is 9.99. The van der Waals surface area contributed by atoms with Gasteiger partial charge in [-0.1, -0.05) is 18.2 Å². The summed E-state index contributed by atoms with van der Waals surface area (Å²) < 4.78 is 33.9. The minimum atomic E-state index is -1.16. The highest BCUT2D eigenvalue weighted by Gasteiger charge is 2.23. The van der Waals surface area contributed by atoms with Crippen molar-refractivity contribution in [1.82, 2.24) is 9.97 Å². The maximum atomic E-state index is 14.1. The lowest BCUT2D eigenvalue weighted by Crippen LogP contribution is -2.04. The molecule has 4 rings (SSSR count). The quantitative estimate of drug-likeness (QED) is 0.612. The van der Waals surface area contributed by atoms with Crippen LogP contribution in [0.1, 0.15) is 46.6 Å². The zero-order valence-corrected chi connectivity index (χ0v) is 15.9. The van der Waals surface area contributed by atoms with Gasteiger partial charge in [-0.05, 0) is 54.7 Å². The van der Waals surface area contributed by atoms with Crippen molar-refractivity contribution in [3.8, 4) is 5.75 Å². The summed E-state index contributed by atoms with van der Waals surface area (Å²) in [6, 6.07) is 10.5. The molecule has 0 radical (unpaired) electrons. The number of ether oxygens (including phenoxy) is 1. The minimum absolute atomic E-state index is 0.00221. The first kappa shape index (κ1) is 19.7. The summed E-state index contributed by atoms with van der Waals surface area (Å²) in [6.07, 6.45) is 4.83. The van der Waals surface area contributed by atoms with Crippen molar-refractivity contribution in [3.05, 3.63) is 89.0 Å². The number of aromatic nitrogens is 2. The molecule has 1 N–H and O–H groups in total. The Balaban J connectivity index is 1.72. The second-order valence-corrected chi connectivity index (χ2v) is 6.93. The summed E-state index contributed by atoms with van der Waals surface area (Å²) >= 11 is 0. The predicted octanol–water partition coefficient (Wildman–Crippen LogP) is 5.13. The molecule has 152 valence electrons. The molecule has 0 saturated heterocycles. The predicted molar refractivity (Wildman–Crippen MR) is 107 cm³/mol. The summed E-state index contributed by atoms with van der Waals surface area (Å²) in [5.74, 6) is -1.53. The Bertz CT molecular complexity index is 1140. The summed E-state index contributed by atoms with van der Waals surface area (Å²) in [6.45, 7) is 0.00221. The SMILES string of the molecule is O=C(O)c1cncc(C2=C(c3cc(F)ccc3OCc3ccccc3F)CCC2)n1. The van der Waals surface area contributed by atoms with E-state index in [1.54, 1.807) is 18.2 Å². The number of nitrogens with zero attached hydrogens (tertiary/aromatic N) is 2. The number of rotatable bonds is 6. The Morgan fingerprint density at radius 2 is 1.87 bits per heavy atom. The van der Waals surface area contributed by atoms with E-state index in [9.17, 15) is 18.7 Å². The number of benzene rings is 2. The molecule has 0 fully saturated rings. The summed E-state index contributed by atoms with van der Waals surface area (Å²) in [5.41, 5.74) is 2.89. The van der Waals surface area contributed by atoms with Gasteiger partial charge in [-0.3, -0.25) is 4.98 Å². The van der Waals surface area contributed by atoms with Crippen LogP contribution in [0.25, 0.3) is 11.1 Å². The molecular weight excluding hydrogens is 390 g/mol. The maximum Gasteiger partial charge on any atom is 0.356 e. The highest BCUT2D eigenvalue weighted by molar-refractivity contribution is 5.94. The van der Waals surface area contributed by atoms with Gasteiger partial charge in [0.1, 0.15) is 24.0 Å². The molecule has 2 aromatic carbocycles. The van der Waals surface area contributed by atoms with Gasteiger partial charge in [0.05, 0.1) is 18.1 Å². The van der Waals surface area contributed by atoms with Crippen LogP contribution in [0.3, 0.4) is 0 Å². The van der Waals surface area contributed by atoms with E-state index in [1.807, 2.05) is 0 Å². The average Bonchev–Trinajstić information content (AvgIpc) is 3.24. The van der Waals surface area contributed by atoms with Crippen LogP contribution in [0.5, 0.6) is 5.75 Å². The van der Waals surface area contributed by atoms with Crippen LogP contribution in [0.15, 0.2) is 54.9 Å². The monoisotopic (exact) mass is 408 g/mol. The van der Waals surface area contributed by atoms with Crippen molar-refractivity contribution in [2.45, 2.75) is 25.9 Å². The van der Waals surface area contributed by atoms with Crippen molar-refractivity contribution in [1.29, 1.82) is 0 Å². The summed E-state index contributed by atoms with van der Waals surface area (Å²) in [4.78, 5) is 19.4. The molecule has 30 heavy (non-hydrogen) atoms. The zero-order valence-electron chi connectivity index (χ0n) is 15.9. The Labute approximate surface area is 171 Å². The molecule has 1 heterocycles. The molecule has 0 amide bonds. The molecule has 1 aromatic heterocycles. The third kappa shape index (κ3) is 4.05. The van der Waals surface area contributed by atoms with Gasteiger partial charge in [0.2, 0.25) is 0 Å². The van der Waals surface area contributed by atoms with Gasteiger partial charge in [-0.2, -0.15) is 0 Å². The maximum absolute atomic E-state index is 14.1. The fourth-order valence-electron chi connectivity index (χ4n) is 3.57. The van der Waals surface area contributed by atoms with Crippen LogP contribution in [0.4, 0.5) is 8.78 Å². The first-order chi connectivity index (χ1) is 14.5. The van der Waals surface area contributed by atoms with Crippen molar-refractivity contribution in [2.75, 3.05) is 0 Å². The van der Waals surface area contributed by atoms with Crippen molar-refractivity contribution >= 4 is 17.1 Å². The number of carbonyl (C=O) groups is 1. The number of allylic oxidation sites excluding steroid dienone is 2. The van der Waals surface area contributed by atoms with Crippen LogP contribution < -0.4 is 4.74 Å². The molecule has 3 aromatic rings. The van der Waals surface area contributed by atoms with Gasteiger partial charge < -0.3 is 9.84 Å². The fourth-order valence-corrected chi connectivity index (χ4v) is 3.57. The smallest absolute Gasteiger partial charge is 0.356 e. The Kier molecular flexibility index (Phi) is 5.52. The largest absolute Gasteiger partial charge is 0.488 e. The molecule has 0 atom stereocenters. The van der Waals surface area contributed by atoms with Gasteiger partial charge in [-0.15, -0.1) is 0 Å². The van der Waals surface area contributed by atoms with Gasteiger partial charge >= 0.3 is 5.97 Å². The third-order valence-electron chi connectivity index (χ3n) is 4.99. The Morgan fingerprint density at radius 3 is 2.67 bits per heavy atom. The highest BCUT2D eigenvalue weighted by Crippen LogP contribution is 2.42. The third-order valence-corrected chi connectivity index (χ3v) is 4.99.